The van der Waals surface area contributed by atoms with Gasteiger partial charge in [0.15, 0.2) is 5.78 Å². The van der Waals surface area contributed by atoms with Gasteiger partial charge in [-0.25, -0.2) is 8.42 Å². The topological polar surface area (TPSA) is 83.6 Å². The van der Waals surface area contributed by atoms with Gasteiger partial charge in [-0.1, -0.05) is 12.1 Å². The van der Waals surface area contributed by atoms with Gasteiger partial charge in [0, 0.05) is 19.2 Å². The molecule has 4 aliphatic rings. The van der Waals surface area contributed by atoms with Gasteiger partial charge in [0.2, 0.25) is 15.9 Å². The first-order chi connectivity index (χ1) is 13.7. The Morgan fingerprint density at radius 2 is 1.55 bits per heavy atom. The average Bonchev–Trinajstić information content (AvgIpc) is 2.65. The fourth-order valence-corrected chi connectivity index (χ4v) is 7.30. The van der Waals surface area contributed by atoms with Crippen molar-refractivity contribution in [2.24, 2.45) is 23.2 Å². The molecular weight excluding hydrogens is 388 g/mol. The maximum atomic E-state index is 12.7. The summed E-state index contributed by atoms with van der Waals surface area (Å²) in [5.74, 6) is 2.08. The fraction of sp³-hybridized carbons (Fsp3) is 0.636. The van der Waals surface area contributed by atoms with E-state index in [4.69, 9.17) is 0 Å². The van der Waals surface area contributed by atoms with Gasteiger partial charge in [0.05, 0.1) is 11.4 Å². The van der Waals surface area contributed by atoms with Gasteiger partial charge in [-0.15, -0.1) is 0 Å². The van der Waals surface area contributed by atoms with Crippen molar-refractivity contribution in [2.45, 2.75) is 50.3 Å². The van der Waals surface area contributed by atoms with Crippen molar-refractivity contribution in [1.82, 2.24) is 9.62 Å². The zero-order chi connectivity index (χ0) is 20.8. The molecule has 0 radical (unpaired) electrons. The molecule has 0 aliphatic heterocycles. The second-order valence-corrected chi connectivity index (χ2v) is 11.6. The quantitative estimate of drug-likeness (QED) is 0.690. The summed E-state index contributed by atoms with van der Waals surface area (Å²) in [4.78, 5) is 24.0. The largest absolute Gasteiger partial charge is 0.354 e. The fourth-order valence-electron chi connectivity index (χ4n) is 6.18. The van der Waals surface area contributed by atoms with Gasteiger partial charge in [0.25, 0.3) is 0 Å². The number of nitrogens with zero attached hydrogens (tertiary/aromatic N) is 1. The minimum absolute atomic E-state index is 0.0823. The SMILES string of the molecule is CC(=O)c1ccc(S(=O)(=O)N(C)CC(=O)NCC23CC4CC(CC(C4)C2)C3)cc1. The molecule has 0 spiro atoms. The maximum absolute atomic E-state index is 12.7. The molecular formula is C22H30N2O4S. The second kappa shape index (κ2) is 7.51. The first-order valence-corrected chi connectivity index (χ1v) is 11.9. The van der Waals surface area contributed by atoms with Crippen LogP contribution in [0.2, 0.25) is 0 Å². The van der Waals surface area contributed by atoms with Gasteiger partial charge in [-0.3, -0.25) is 9.59 Å². The standard InChI is InChI=1S/C22H30N2O4S/c1-15(25)19-3-5-20(6-4-19)29(27,28)24(2)13-21(26)23-14-22-10-16-7-17(11-22)9-18(8-16)12-22/h3-6,16-18H,7-14H2,1-2H3,(H,23,26). The van der Waals surface area contributed by atoms with Crippen LogP contribution in [-0.4, -0.2) is 44.6 Å². The lowest BCUT2D eigenvalue weighted by molar-refractivity contribution is -0.123. The number of carbonyl (C=O) groups is 2. The Morgan fingerprint density at radius 1 is 1.03 bits per heavy atom. The number of carbonyl (C=O) groups excluding carboxylic acids is 2. The molecule has 5 rings (SSSR count). The summed E-state index contributed by atoms with van der Waals surface area (Å²) in [7, 11) is -2.36. The third-order valence-corrected chi connectivity index (χ3v) is 8.98. The number of hydrogen-bond donors (Lipinski definition) is 1. The van der Waals surface area contributed by atoms with E-state index >= 15 is 0 Å². The third-order valence-electron chi connectivity index (χ3n) is 7.16. The summed E-state index contributed by atoms with van der Waals surface area (Å²) in [5.41, 5.74) is 0.685. The van der Waals surface area contributed by atoms with E-state index in [9.17, 15) is 18.0 Å². The Balaban J connectivity index is 1.35. The lowest BCUT2D eigenvalue weighted by Gasteiger charge is -2.56. The van der Waals surface area contributed by atoms with Crippen molar-refractivity contribution in [3.8, 4) is 0 Å². The minimum atomic E-state index is -3.78. The van der Waals surface area contributed by atoms with Gasteiger partial charge in [-0.2, -0.15) is 4.31 Å². The minimum Gasteiger partial charge on any atom is -0.354 e. The maximum Gasteiger partial charge on any atom is 0.243 e. The van der Waals surface area contributed by atoms with Crippen LogP contribution in [0.5, 0.6) is 0 Å². The zero-order valence-electron chi connectivity index (χ0n) is 17.2. The van der Waals surface area contributed by atoms with Crippen molar-refractivity contribution < 1.29 is 18.0 Å². The number of likely N-dealkylation sites (N-methyl/N-ethyl adjacent to an activating group) is 1. The monoisotopic (exact) mass is 418 g/mol. The van der Waals surface area contributed by atoms with E-state index in [0.29, 0.717) is 12.1 Å². The highest BCUT2D eigenvalue weighted by molar-refractivity contribution is 7.89. The number of benzene rings is 1. The van der Waals surface area contributed by atoms with E-state index in [2.05, 4.69) is 5.32 Å². The highest BCUT2D eigenvalue weighted by Gasteiger charge is 2.50. The summed E-state index contributed by atoms with van der Waals surface area (Å²) in [6.45, 7) is 1.89. The number of nitrogens with one attached hydrogen (secondary N) is 1. The van der Waals surface area contributed by atoms with Crippen molar-refractivity contribution in [2.75, 3.05) is 20.1 Å². The third kappa shape index (κ3) is 4.12. The van der Waals surface area contributed by atoms with E-state index in [1.165, 1.54) is 76.8 Å². The van der Waals surface area contributed by atoms with E-state index in [1.54, 1.807) is 0 Å². The van der Waals surface area contributed by atoms with Crippen LogP contribution >= 0.6 is 0 Å². The summed E-state index contributed by atoms with van der Waals surface area (Å²) >= 11 is 0. The molecule has 1 N–H and O–H groups in total. The molecule has 1 amide bonds. The Hall–Kier alpha value is -1.73. The molecule has 0 saturated heterocycles. The lowest BCUT2D eigenvalue weighted by atomic mass is 9.49. The number of hydrogen-bond acceptors (Lipinski definition) is 4. The molecule has 1 aromatic rings. The van der Waals surface area contributed by atoms with Crippen LogP contribution in [0.25, 0.3) is 0 Å². The highest BCUT2D eigenvalue weighted by atomic mass is 32.2. The number of amides is 1. The molecule has 4 bridgehead atoms. The van der Waals surface area contributed by atoms with Gasteiger partial charge < -0.3 is 5.32 Å². The molecule has 0 aromatic heterocycles. The van der Waals surface area contributed by atoms with E-state index in [0.717, 1.165) is 22.1 Å². The molecule has 4 fully saturated rings. The van der Waals surface area contributed by atoms with E-state index in [1.807, 2.05) is 0 Å². The summed E-state index contributed by atoms with van der Waals surface area (Å²) in [6.07, 6.45) is 7.69. The van der Waals surface area contributed by atoms with Crippen LogP contribution in [0.3, 0.4) is 0 Å². The number of ketones is 1. The molecule has 0 atom stereocenters. The predicted octanol–water partition coefficient (Wildman–Crippen LogP) is 2.84. The van der Waals surface area contributed by atoms with Gasteiger partial charge >= 0.3 is 0 Å². The smallest absolute Gasteiger partial charge is 0.243 e. The van der Waals surface area contributed by atoms with Gasteiger partial charge in [0.1, 0.15) is 0 Å². The Kier molecular flexibility index (Phi) is 5.32. The van der Waals surface area contributed by atoms with Crippen molar-refractivity contribution in [3.63, 3.8) is 0 Å². The summed E-state index contributed by atoms with van der Waals surface area (Å²) < 4.78 is 26.5. The molecule has 6 nitrogen and oxygen atoms in total. The summed E-state index contributed by atoms with van der Waals surface area (Å²) in [5, 5.41) is 3.03. The van der Waals surface area contributed by atoms with Gasteiger partial charge in [-0.05, 0) is 80.8 Å². The molecule has 29 heavy (non-hydrogen) atoms. The highest BCUT2D eigenvalue weighted by Crippen LogP contribution is 2.59. The number of sulfonamides is 1. The molecule has 7 heteroatoms. The number of rotatable bonds is 7. The predicted molar refractivity (Wildman–Crippen MR) is 110 cm³/mol. The molecule has 0 unspecified atom stereocenters. The Bertz CT molecular complexity index is 872. The molecule has 4 saturated carbocycles. The van der Waals surface area contributed by atoms with E-state index < -0.39 is 10.0 Å². The van der Waals surface area contributed by atoms with Crippen LogP contribution < -0.4 is 5.32 Å². The van der Waals surface area contributed by atoms with Crippen LogP contribution in [0.1, 0.15) is 55.8 Å². The normalized spacial score (nSPS) is 30.5. The van der Waals surface area contributed by atoms with Crippen molar-refractivity contribution >= 4 is 21.7 Å². The first-order valence-electron chi connectivity index (χ1n) is 10.5. The Morgan fingerprint density at radius 3 is 2.03 bits per heavy atom. The molecule has 1 aromatic carbocycles. The van der Waals surface area contributed by atoms with Crippen LogP contribution in [0.4, 0.5) is 0 Å². The van der Waals surface area contributed by atoms with Crippen LogP contribution in [-0.2, 0) is 14.8 Å². The average molecular weight is 419 g/mol. The second-order valence-electron chi connectivity index (χ2n) is 9.54. The molecule has 0 heterocycles. The molecule has 4 aliphatic carbocycles. The van der Waals surface area contributed by atoms with Crippen LogP contribution in [0.15, 0.2) is 29.2 Å². The van der Waals surface area contributed by atoms with Crippen molar-refractivity contribution in [1.29, 1.82) is 0 Å². The summed E-state index contributed by atoms with van der Waals surface area (Å²) in [6, 6.07) is 5.82. The Labute approximate surface area is 173 Å². The molecule has 158 valence electrons. The lowest BCUT2D eigenvalue weighted by Crippen LogP contribution is -2.52. The van der Waals surface area contributed by atoms with Crippen LogP contribution in [0, 0.1) is 23.2 Å². The zero-order valence-corrected chi connectivity index (χ0v) is 18.0. The van der Waals surface area contributed by atoms with E-state index in [-0.39, 0.29) is 28.5 Å². The van der Waals surface area contributed by atoms with Crippen molar-refractivity contribution in [3.05, 3.63) is 29.8 Å². The first kappa shape index (κ1) is 20.5. The number of Topliss-reactive ketones (excluding diaryl/α,β-unsaturated/α-hetero) is 1.